The smallest absolute Gasteiger partial charge is 0.277 e. The molecule has 0 saturated heterocycles. The fraction of sp³-hybridized carbons (Fsp3) is 0.241. The van der Waals surface area contributed by atoms with E-state index in [1.54, 1.807) is 44.8 Å². The zero-order valence-corrected chi connectivity index (χ0v) is 22.1. The number of aromatic nitrogens is 2. The van der Waals surface area contributed by atoms with Crippen molar-refractivity contribution in [2.75, 3.05) is 26.6 Å². The highest BCUT2D eigenvalue weighted by atomic mass is 32.1. The minimum atomic E-state index is -0.651. The predicted octanol–water partition coefficient (Wildman–Crippen LogP) is 5.21. The number of thiophene rings is 1. The molecule has 8 nitrogen and oxygen atoms in total. The van der Waals surface area contributed by atoms with Crippen LogP contribution in [0.5, 0.6) is 17.2 Å². The molecule has 2 atom stereocenters. The van der Waals surface area contributed by atoms with Gasteiger partial charge in [-0.25, -0.2) is 4.68 Å². The molecular formula is C29H27N3O5S. The lowest BCUT2D eigenvalue weighted by Gasteiger charge is -2.34. The Hall–Kier alpha value is -4.24. The highest BCUT2D eigenvalue weighted by Crippen LogP contribution is 2.50. The number of nitrogens with zero attached hydrogens (tertiary/aromatic N) is 1. The number of benzene rings is 2. The lowest BCUT2D eigenvalue weighted by atomic mass is 9.73. The molecule has 0 unspecified atom stereocenters. The second-order valence-corrected chi connectivity index (χ2v) is 10.3. The number of Topliss-reactive ketones (excluding diaryl/α,β-unsaturated/α-hetero) is 1. The summed E-state index contributed by atoms with van der Waals surface area (Å²) in [5, 5.41) is 8.72. The molecule has 9 heteroatoms. The number of allylic oxidation sites excluding steroid dienone is 2. The number of aromatic amines is 1. The summed E-state index contributed by atoms with van der Waals surface area (Å²) in [7, 11) is 4.68. The zero-order valence-electron chi connectivity index (χ0n) is 21.2. The average molecular weight is 530 g/mol. The third kappa shape index (κ3) is 3.81. The number of ketones is 1. The van der Waals surface area contributed by atoms with Crippen molar-refractivity contribution < 1.29 is 19.0 Å². The van der Waals surface area contributed by atoms with Crippen LogP contribution in [0.25, 0.3) is 5.69 Å². The monoisotopic (exact) mass is 529 g/mol. The van der Waals surface area contributed by atoms with Gasteiger partial charge in [-0.2, -0.15) is 0 Å². The van der Waals surface area contributed by atoms with Gasteiger partial charge in [-0.3, -0.25) is 14.7 Å². The van der Waals surface area contributed by atoms with Crippen LogP contribution in [0.15, 0.2) is 76.0 Å². The molecular weight excluding hydrogens is 502 g/mol. The van der Waals surface area contributed by atoms with Crippen molar-refractivity contribution in [1.82, 2.24) is 9.78 Å². The normalized spacial score (nSPS) is 18.4. The van der Waals surface area contributed by atoms with Gasteiger partial charge in [0.1, 0.15) is 11.6 Å². The number of methoxy groups -OCH3 is 3. The largest absolute Gasteiger partial charge is 0.496 e. The predicted molar refractivity (Wildman–Crippen MR) is 146 cm³/mol. The first-order valence-electron chi connectivity index (χ1n) is 12.3. The van der Waals surface area contributed by atoms with Crippen LogP contribution in [0.4, 0.5) is 5.82 Å². The third-order valence-electron chi connectivity index (χ3n) is 7.29. The van der Waals surface area contributed by atoms with E-state index in [-0.39, 0.29) is 17.3 Å². The first-order chi connectivity index (χ1) is 18.5. The van der Waals surface area contributed by atoms with Crippen LogP contribution < -0.4 is 25.1 Å². The average Bonchev–Trinajstić information content (AvgIpc) is 3.60. The molecule has 1 aliphatic carbocycles. The van der Waals surface area contributed by atoms with E-state index in [9.17, 15) is 9.59 Å². The number of carbonyl (C=O) groups excluding carboxylic acids is 1. The second kappa shape index (κ2) is 9.57. The fourth-order valence-corrected chi connectivity index (χ4v) is 6.40. The van der Waals surface area contributed by atoms with E-state index in [1.165, 1.54) is 9.56 Å². The van der Waals surface area contributed by atoms with Crippen molar-refractivity contribution in [1.29, 1.82) is 0 Å². The van der Waals surface area contributed by atoms with Crippen molar-refractivity contribution in [2.45, 2.75) is 24.7 Å². The Kier molecular flexibility index (Phi) is 6.07. The number of hydrogen-bond acceptors (Lipinski definition) is 7. The van der Waals surface area contributed by atoms with Crippen LogP contribution in [0, 0.1) is 0 Å². The van der Waals surface area contributed by atoms with Gasteiger partial charge in [-0.1, -0.05) is 24.3 Å². The molecule has 0 saturated carbocycles. The lowest BCUT2D eigenvalue weighted by molar-refractivity contribution is -0.116. The van der Waals surface area contributed by atoms with Gasteiger partial charge < -0.3 is 19.5 Å². The number of rotatable bonds is 6. The summed E-state index contributed by atoms with van der Waals surface area (Å²) >= 11 is 1.66. The molecule has 0 bridgehead atoms. The van der Waals surface area contributed by atoms with Gasteiger partial charge in [0.25, 0.3) is 5.56 Å². The van der Waals surface area contributed by atoms with Crippen LogP contribution in [-0.2, 0) is 4.79 Å². The Morgan fingerprint density at radius 3 is 2.32 bits per heavy atom. The Morgan fingerprint density at radius 1 is 0.895 bits per heavy atom. The molecule has 194 valence electrons. The topological polar surface area (TPSA) is 94.6 Å². The lowest BCUT2D eigenvalue weighted by Crippen LogP contribution is -2.32. The summed E-state index contributed by atoms with van der Waals surface area (Å²) < 4.78 is 18.4. The van der Waals surface area contributed by atoms with E-state index in [4.69, 9.17) is 14.2 Å². The van der Waals surface area contributed by atoms with E-state index in [0.29, 0.717) is 58.3 Å². The molecule has 4 aromatic rings. The Balaban J connectivity index is 1.59. The molecule has 6 rings (SSSR count). The van der Waals surface area contributed by atoms with Crippen molar-refractivity contribution in [2.24, 2.45) is 0 Å². The third-order valence-corrected chi connectivity index (χ3v) is 8.33. The SMILES string of the molecule is COc1cc(OC)c([C@@H]2C3=C(C[C@@H](c4cccs4)CC3=O)Nc3[nH]n(-c4ccccc4)c(=O)c32)cc1OC. The summed E-state index contributed by atoms with van der Waals surface area (Å²) in [5.41, 5.74) is 3.00. The standard InChI is InChI=1S/C29H27N3O5S/c1-35-21-15-23(37-3)22(36-2)14-18(21)25-26-19(12-16(13-20(26)33)24-10-7-11-38-24)30-28-27(25)29(34)32(31-28)17-8-5-4-6-9-17/h4-11,14-16,25,30-31H,12-13H2,1-3H3/t16-,25-/m1/s1. The quantitative estimate of drug-likeness (QED) is 0.356. The van der Waals surface area contributed by atoms with Crippen molar-refractivity contribution >= 4 is 22.9 Å². The molecule has 2 aromatic heterocycles. The fourth-order valence-electron chi connectivity index (χ4n) is 5.57. The number of anilines is 1. The number of para-hydroxylation sites is 1. The summed E-state index contributed by atoms with van der Waals surface area (Å²) in [6.07, 6.45) is 1.03. The molecule has 2 aliphatic rings. The maximum atomic E-state index is 14.0. The van der Waals surface area contributed by atoms with Crippen LogP contribution >= 0.6 is 11.3 Å². The van der Waals surface area contributed by atoms with Crippen LogP contribution in [0.2, 0.25) is 0 Å². The second-order valence-electron chi connectivity index (χ2n) is 9.32. The maximum absolute atomic E-state index is 14.0. The highest BCUT2D eigenvalue weighted by molar-refractivity contribution is 7.10. The van der Waals surface area contributed by atoms with E-state index in [1.807, 2.05) is 41.8 Å². The number of nitrogens with one attached hydrogen (secondary N) is 2. The maximum Gasteiger partial charge on any atom is 0.277 e. The molecule has 0 spiro atoms. The molecule has 0 radical (unpaired) electrons. The van der Waals surface area contributed by atoms with Crippen LogP contribution in [0.1, 0.15) is 40.7 Å². The Labute approximate surface area is 223 Å². The van der Waals surface area contributed by atoms with Gasteiger partial charge >= 0.3 is 0 Å². The van der Waals surface area contributed by atoms with Gasteiger partial charge in [-0.05, 0) is 36.1 Å². The van der Waals surface area contributed by atoms with Gasteiger partial charge in [0.05, 0.1) is 38.5 Å². The summed E-state index contributed by atoms with van der Waals surface area (Å²) in [4.78, 5) is 29.0. The summed E-state index contributed by atoms with van der Waals surface area (Å²) in [6, 6.07) is 17.0. The number of carbonyl (C=O) groups is 1. The van der Waals surface area contributed by atoms with Crippen molar-refractivity contribution in [3.05, 3.63) is 97.6 Å². The molecule has 0 fully saturated rings. The van der Waals surface area contributed by atoms with E-state index < -0.39 is 5.92 Å². The molecule has 2 N–H and O–H groups in total. The van der Waals surface area contributed by atoms with Crippen LogP contribution in [0.3, 0.4) is 0 Å². The molecule has 3 heterocycles. The summed E-state index contributed by atoms with van der Waals surface area (Å²) in [6.45, 7) is 0. The van der Waals surface area contributed by atoms with E-state index in [2.05, 4.69) is 16.5 Å². The first kappa shape index (κ1) is 24.1. The van der Waals surface area contributed by atoms with E-state index in [0.717, 1.165) is 5.70 Å². The highest BCUT2D eigenvalue weighted by Gasteiger charge is 2.42. The van der Waals surface area contributed by atoms with Crippen LogP contribution in [-0.4, -0.2) is 36.9 Å². The Morgan fingerprint density at radius 2 is 1.63 bits per heavy atom. The number of H-pyrrole nitrogens is 1. The number of fused-ring (bicyclic) bond motifs is 1. The van der Waals surface area contributed by atoms with E-state index >= 15 is 0 Å². The first-order valence-corrected chi connectivity index (χ1v) is 13.2. The molecule has 38 heavy (non-hydrogen) atoms. The van der Waals surface area contributed by atoms with Gasteiger partial charge in [-0.15, -0.1) is 11.3 Å². The molecule has 0 amide bonds. The summed E-state index contributed by atoms with van der Waals surface area (Å²) in [5.74, 6) is 1.50. The Bertz CT molecular complexity index is 1600. The minimum absolute atomic E-state index is 0.0106. The van der Waals surface area contributed by atoms with Gasteiger partial charge in [0.2, 0.25) is 0 Å². The van der Waals surface area contributed by atoms with Gasteiger partial charge in [0, 0.05) is 40.1 Å². The van der Waals surface area contributed by atoms with Crippen molar-refractivity contribution in [3.8, 4) is 22.9 Å². The van der Waals surface area contributed by atoms with Gasteiger partial charge in [0.15, 0.2) is 17.3 Å². The number of ether oxygens (including phenoxy) is 3. The molecule has 2 aromatic carbocycles. The molecule has 1 aliphatic heterocycles. The number of hydrogen-bond donors (Lipinski definition) is 2. The van der Waals surface area contributed by atoms with Crippen molar-refractivity contribution in [3.63, 3.8) is 0 Å². The minimum Gasteiger partial charge on any atom is -0.496 e. The zero-order chi connectivity index (χ0) is 26.4.